The molecule has 1 aromatic carbocycles. The predicted octanol–water partition coefficient (Wildman–Crippen LogP) is 7.49. The number of anilines is 1. The van der Waals surface area contributed by atoms with E-state index in [0.717, 1.165) is 52.4 Å². The Hall–Kier alpha value is -3.68. The van der Waals surface area contributed by atoms with Crippen LogP contribution in [0.3, 0.4) is 0 Å². The van der Waals surface area contributed by atoms with E-state index >= 15 is 0 Å². The summed E-state index contributed by atoms with van der Waals surface area (Å²) in [6.45, 7) is 11.0. The number of benzene rings is 1. The lowest BCUT2D eigenvalue weighted by molar-refractivity contribution is -0.192. The summed E-state index contributed by atoms with van der Waals surface area (Å²) in [5.74, 6) is 0.671. The molecule has 3 rings (SSSR count). The van der Waals surface area contributed by atoms with Gasteiger partial charge in [-0.25, -0.2) is 0 Å². The molecule has 1 aromatic rings. The Morgan fingerprint density at radius 2 is 1.98 bits per heavy atom. The lowest BCUT2D eigenvalue weighted by atomic mass is 9.98. The Morgan fingerprint density at radius 1 is 1.23 bits per heavy atom. The molecule has 0 saturated carbocycles. The second-order valence-corrected chi connectivity index (χ2v) is 12.4. The van der Waals surface area contributed by atoms with Crippen LogP contribution in [0.1, 0.15) is 64.0 Å². The fraction of sp³-hybridized carbons (Fsp3) is 0.486. The number of unbranched alkanes of at least 4 members (excludes halogenated alkanes) is 1. The highest BCUT2D eigenvalue weighted by Gasteiger charge is 2.51. The molecule has 1 fully saturated rings. The maximum atomic E-state index is 14.0. The predicted molar refractivity (Wildman–Crippen MR) is 178 cm³/mol. The molecule has 8 nitrogen and oxygen atoms in total. The Bertz CT molecular complexity index is 1480. The first-order chi connectivity index (χ1) is 22.5. The van der Waals surface area contributed by atoms with Crippen molar-refractivity contribution in [1.29, 1.82) is 10.5 Å². The monoisotopic (exact) mass is 672 g/mol. The molecule has 2 unspecified atom stereocenters. The number of hydroxylamine groups is 1. The number of rotatable bonds is 18. The number of alkyl halides is 3. The largest absolute Gasteiger partial charge is 0.494 e. The van der Waals surface area contributed by atoms with Gasteiger partial charge in [-0.3, -0.25) is 10.3 Å². The summed E-state index contributed by atoms with van der Waals surface area (Å²) in [5.41, 5.74) is 2.98. The second kappa shape index (κ2) is 18.0. The minimum Gasteiger partial charge on any atom is -0.494 e. The van der Waals surface area contributed by atoms with Gasteiger partial charge in [-0.15, -0.1) is 11.8 Å². The van der Waals surface area contributed by atoms with E-state index in [-0.39, 0.29) is 42.1 Å². The zero-order valence-corrected chi connectivity index (χ0v) is 27.9. The number of ether oxygens (including phenoxy) is 2. The third-order valence-electron chi connectivity index (χ3n) is 7.71. The maximum Gasteiger partial charge on any atom is 0.429 e. The Balaban J connectivity index is 1.87. The SMILES string of the molecule is C=C(OCCCC)/C(C)=C(/C=C/c1ccc(N(O)CCO)cc1CCC)SCCCC1=C(C#N)/C(=C(\C#N)C2CN2)OC1C(F)(F)F. The summed E-state index contributed by atoms with van der Waals surface area (Å²) in [6.07, 6.45) is 0.650. The number of nitrogens with one attached hydrogen (secondary N) is 1. The number of allylic oxidation sites excluding steroid dienone is 3. The van der Waals surface area contributed by atoms with Crippen molar-refractivity contribution in [2.45, 2.75) is 77.6 Å². The third kappa shape index (κ3) is 10.4. The highest BCUT2D eigenvalue weighted by Crippen LogP contribution is 2.43. The van der Waals surface area contributed by atoms with E-state index in [0.29, 0.717) is 36.8 Å². The van der Waals surface area contributed by atoms with Gasteiger partial charge in [0.2, 0.25) is 6.10 Å². The summed E-state index contributed by atoms with van der Waals surface area (Å²) >= 11 is 1.45. The molecule has 0 aromatic heterocycles. The number of aliphatic hydroxyl groups excluding tert-OH is 1. The van der Waals surface area contributed by atoms with Gasteiger partial charge in [-0.05, 0) is 67.7 Å². The van der Waals surface area contributed by atoms with Crippen molar-refractivity contribution in [3.63, 3.8) is 0 Å². The average molecular weight is 673 g/mol. The number of aryl methyl sites for hydroxylation is 1. The lowest BCUT2D eigenvalue weighted by Gasteiger charge is -2.19. The van der Waals surface area contributed by atoms with E-state index in [1.807, 2.05) is 43.3 Å². The first-order valence-corrected chi connectivity index (χ1v) is 16.8. The van der Waals surface area contributed by atoms with E-state index in [1.165, 1.54) is 11.8 Å². The number of nitrogens with zero attached hydrogens (tertiary/aromatic N) is 3. The van der Waals surface area contributed by atoms with Crippen LogP contribution in [0.25, 0.3) is 6.08 Å². The fourth-order valence-electron chi connectivity index (χ4n) is 5.02. The van der Waals surface area contributed by atoms with Crippen molar-refractivity contribution < 1.29 is 33.0 Å². The normalized spacial score (nSPS) is 19.2. The summed E-state index contributed by atoms with van der Waals surface area (Å²) in [4.78, 5) is 0.832. The van der Waals surface area contributed by atoms with Crippen LogP contribution in [0.5, 0.6) is 0 Å². The van der Waals surface area contributed by atoms with Gasteiger partial charge < -0.3 is 19.9 Å². The Kier molecular flexibility index (Phi) is 14.5. The molecule has 2 aliphatic rings. The summed E-state index contributed by atoms with van der Waals surface area (Å²) in [6, 6.07) is 8.93. The second-order valence-electron chi connectivity index (χ2n) is 11.2. The van der Waals surface area contributed by atoms with Crippen LogP contribution in [0.2, 0.25) is 0 Å². The van der Waals surface area contributed by atoms with Crippen molar-refractivity contribution in [3.05, 3.63) is 80.7 Å². The molecule has 3 N–H and O–H groups in total. The molecule has 1 saturated heterocycles. The molecule has 0 bridgehead atoms. The fourth-order valence-corrected chi connectivity index (χ4v) is 6.02. The number of thioether (sulfide) groups is 1. The van der Waals surface area contributed by atoms with Crippen molar-refractivity contribution in [3.8, 4) is 12.1 Å². The molecule has 12 heteroatoms. The van der Waals surface area contributed by atoms with Crippen LogP contribution in [0.4, 0.5) is 18.9 Å². The van der Waals surface area contributed by atoms with E-state index in [1.54, 1.807) is 6.07 Å². The minimum absolute atomic E-state index is 0.0170. The van der Waals surface area contributed by atoms with Crippen LogP contribution >= 0.6 is 11.8 Å². The number of nitriles is 2. The molecule has 254 valence electrons. The van der Waals surface area contributed by atoms with Crippen molar-refractivity contribution in [2.75, 3.05) is 37.1 Å². The van der Waals surface area contributed by atoms with Gasteiger partial charge in [0.15, 0.2) is 5.76 Å². The van der Waals surface area contributed by atoms with Crippen molar-refractivity contribution in [1.82, 2.24) is 5.32 Å². The smallest absolute Gasteiger partial charge is 0.429 e. The maximum absolute atomic E-state index is 14.0. The van der Waals surface area contributed by atoms with Crippen LogP contribution < -0.4 is 10.4 Å². The van der Waals surface area contributed by atoms with Crippen LogP contribution in [0, 0.1) is 22.7 Å². The number of hydrogen-bond donors (Lipinski definition) is 3. The molecule has 2 atom stereocenters. The van der Waals surface area contributed by atoms with Gasteiger partial charge in [0, 0.05) is 22.6 Å². The first-order valence-electron chi connectivity index (χ1n) is 15.8. The summed E-state index contributed by atoms with van der Waals surface area (Å²) in [5, 5.41) is 42.7. The van der Waals surface area contributed by atoms with E-state index in [9.17, 15) is 34.0 Å². The van der Waals surface area contributed by atoms with Gasteiger partial charge in [0.05, 0.1) is 42.6 Å². The van der Waals surface area contributed by atoms with Gasteiger partial charge in [-0.1, -0.05) is 45.4 Å². The van der Waals surface area contributed by atoms with Gasteiger partial charge >= 0.3 is 6.18 Å². The van der Waals surface area contributed by atoms with Crippen molar-refractivity contribution in [2.24, 2.45) is 0 Å². The Labute approximate surface area is 279 Å². The molecular weight excluding hydrogens is 629 g/mol. The quantitative estimate of drug-likeness (QED) is 0.0363. The van der Waals surface area contributed by atoms with Crippen LogP contribution in [-0.4, -0.2) is 60.7 Å². The molecular formula is C35H43F3N4O4S. The lowest BCUT2D eigenvalue weighted by Crippen LogP contribution is -2.30. The summed E-state index contributed by atoms with van der Waals surface area (Å²) < 4.78 is 53.2. The van der Waals surface area contributed by atoms with Gasteiger partial charge in [-0.2, -0.15) is 23.7 Å². The molecule has 0 amide bonds. The molecule has 47 heavy (non-hydrogen) atoms. The number of halogens is 3. The highest BCUT2D eigenvalue weighted by molar-refractivity contribution is 8.03. The number of hydrogen-bond acceptors (Lipinski definition) is 9. The first kappa shape index (κ1) is 37.8. The number of aliphatic hydroxyl groups is 1. The molecule has 0 radical (unpaired) electrons. The topological polar surface area (TPSA) is 132 Å². The summed E-state index contributed by atoms with van der Waals surface area (Å²) in [7, 11) is 0. The minimum atomic E-state index is -4.74. The molecule has 2 aliphatic heterocycles. The van der Waals surface area contributed by atoms with E-state index in [2.05, 4.69) is 25.7 Å². The third-order valence-corrected chi connectivity index (χ3v) is 8.96. The highest BCUT2D eigenvalue weighted by atomic mass is 32.2. The van der Waals surface area contributed by atoms with Gasteiger partial charge in [0.25, 0.3) is 0 Å². The van der Waals surface area contributed by atoms with Crippen molar-refractivity contribution >= 4 is 23.5 Å². The average Bonchev–Trinajstić information content (AvgIpc) is 3.81. The van der Waals surface area contributed by atoms with E-state index < -0.39 is 18.3 Å². The van der Waals surface area contributed by atoms with Crippen LogP contribution in [0.15, 0.2) is 69.6 Å². The zero-order chi connectivity index (χ0) is 34.6. The molecule has 2 heterocycles. The molecule has 0 spiro atoms. The Morgan fingerprint density at radius 3 is 2.57 bits per heavy atom. The van der Waals surface area contributed by atoms with Gasteiger partial charge in [0.1, 0.15) is 17.9 Å². The standard InChI is InChI=1S/C35H43F3N4O4S/c1-5-7-17-45-24(4)23(3)32(14-12-25-11-13-27(42(44)15-16-43)19-26(25)9-6-2)47-18-8-10-28-29(20-39)33(30(21-40)31-22-41-31)46-34(28)35(36,37)38/h11-14,19,31,34,41,43-44H,4-10,15-18,22H2,1-3H3/b14-12+,32-23-,33-30-. The van der Waals surface area contributed by atoms with Crippen LogP contribution in [-0.2, 0) is 15.9 Å². The van der Waals surface area contributed by atoms with E-state index in [4.69, 9.17) is 9.47 Å². The zero-order valence-electron chi connectivity index (χ0n) is 27.1. The molecule has 0 aliphatic carbocycles.